The van der Waals surface area contributed by atoms with Gasteiger partial charge in [-0.3, -0.25) is 4.79 Å². The summed E-state index contributed by atoms with van der Waals surface area (Å²) in [6, 6.07) is 14.1. The largest absolute Gasteiger partial charge is 0.292 e. The van der Waals surface area contributed by atoms with Gasteiger partial charge in [0.15, 0.2) is 5.78 Å². The molecule has 0 spiro atoms. The molecular weight excluding hydrogens is 405 g/mol. The number of nitrogens with zero attached hydrogens (tertiary/aromatic N) is 1. The van der Waals surface area contributed by atoms with Gasteiger partial charge in [-0.05, 0) is 35.9 Å². The zero-order valence-corrected chi connectivity index (χ0v) is 14.0. The Kier molecular flexibility index (Phi) is 4.98. The van der Waals surface area contributed by atoms with E-state index in [2.05, 4.69) is 31.9 Å². The highest BCUT2D eigenvalue weighted by molar-refractivity contribution is 9.11. The second-order valence-electron chi connectivity index (χ2n) is 4.14. The van der Waals surface area contributed by atoms with Gasteiger partial charge in [0.1, 0.15) is 5.92 Å². The van der Waals surface area contributed by atoms with E-state index in [9.17, 15) is 10.1 Å². The first kappa shape index (κ1) is 15.2. The molecule has 2 nitrogen and oxygen atoms in total. The van der Waals surface area contributed by atoms with E-state index in [-0.39, 0.29) is 5.78 Å². The highest BCUT2D eigenvalue weighted by Crippen LogP contribution is 2.26. The van der Waals surface area contributed by atoms with Crippen molar-refractivity contribution in [2.45, 2.75) is 5.92 Å². The molecule has 0 N–H and O–H groups in total. The van der Waals surface area contributed by atoms with Crippen molar-refractivity contribution >= 4 is 49.2 Å². The van der Waals surface area contributed by atoms with Gasteiger partial charge in [-0.1, -0.05) is 55.6 Å². The molecule has 2 aromatic rings. The SMILES string of the molecule is N#CC(C(=O)c1cc(Br)cc(Br)c1)c1cccc(Cl)c1. The van der Waals surface area contributed by atoms with Gasteiger partial charge in [0.25, 0.3) is 0 Å². The highest BCUT2D eigenvalue weighted by atomic mass is 79.9. The lowest BCUT2D eigenvalue weighted by atomic mass is 9.92. The summed E-state index contributed by atoms with van der Waals surface area (Å²) in [5.41, 5.74) is 1.07. The second kappa shape index (κ2) is 6.53. The van der Waals surface area contributed by atoms with Crippen LogP contribution in [0.5, 0.6) is 0 Å². The van der Waals surface area contributed by atoms with Crippen LogP contribution in [-0.2, 0) is 0 Å². The van der Waals surface area contributed by atoms with E-state index in [1.165, 1.54) is 0 Å². The number of Topliss-reactive ketones (excluding diaryl/α,β-unsaturated/α-hetero) is 1. The standard InChI is InChI=1S/C15H8Br2ClNO/c16-11-4-10(5-12(17)7-11)15(20)14(8-19)9-2-1-3-13(18)6-9/h1-7,14H. The first-order valence-electron chi connectivity index (χ1n) is 5.66. The van der Waals surface area contributed by atoms with Crippen LogP contribution in [0.15, 0.2) is 51.4 Å². The Morgan fingerprint density at radius 1 is 1.15 bits per heavy atom. The van der Waals surface area contributed by atoms with Crippen LogP contribution in [0.25, 0.3) is 0 Å². The summed E-state index contributed by atoms with van der Waals surface area (Å²) >= 11 is 12.6. The van der Waals surface area contributed by atoms with Crippen LogP contribution in [0, 0.1) is 11.3 Å². The third-order valence-electron chi connectivity index (χ3n) is 2.72. The molecule has 5 heteroatoms. The van der Waals surface area contributed by atoms with Crippen molar-refractivity contribution in [3.8, 4) is 6.07 Å². The summed E-state index contributed by atoms with van der Waals surface area (Å²) in [7, 11) is 0. The lowest BCUT2D eigenvalue weighted by Gasteiger charge is -2.10. The topological polar surface area (TPSA) is 40.9 Å². The molecule has 0 amide bonds. The van der Waals surface area contributed by atoms with E-state index in [0.717, 1.165) is 8.95 Å². The van der Waals surface area contributed by atoms with E-state index in [1.807, 2.05) is 12.1 Å². The molecule has 0 saturated heterocycles. The monoisotopic (exact) mass is 411 g/mol. The fraction of sp³-hybridized carbons (Fsp3) is 0.0667. The van der Waals surface area contributed by atoms with Crippen molar-refractivity contribution in [2.24, 2.45) is 0 Å². The Balaban J connectivity index is 2.42. The van der Waals surface area contributed by atoms with Crippen LogP contribution in [0.2, 0.25) is 5.02 Å². The van der Waals surface area contributed by atoms with Gasteiger partial charge >= 0.3 is 0 Å². The third kappa shape index (κ3) is 3.49. The fourth-order valence-electron chi connectivity index (χ4n) is 1.83. The summed E-state index contributed by atoms with van der Waals surface area (Å²) in [5, 5.41) is 9.81. The molecule has 0 aliphatic heterocycles. The molecule has 0 heterocycles. The Labute approximate surface area is 138 Å². The summed E-state index contributed by atoms with van der Waals surface area (Å²) in [5.74, 6) is -1.12. The first-order valence-corrected chi connectivity index (χ1v) is 7.63. The minimum Gasteiger partial charge on any atom is -0.292 e. The van der Waals surface area contributed by atoms with Gasteiger partial charge < -0.3 is 0 Å². The Bertz CT molecular complexity index is 689. The van der Waals surface area contributed by atoms with Crippen LogP contribution >= 0.6 is 43.5 Å². The predicted octanol–water partition coefficient (Wildman–Crippen LogP) is 5.36. The van der Waals surface area contributed by atoms with Gasteiger partial charge in [0, 0.05) is 19.5 Å². The second-order valence-corrected chi connectivity index (χ2v) is 6.41. The molecule has 1 atom stereocenters. The third-order valence-corrected chi connectivity index (χ3v) is 3.87. The Hall–Kier alpha value is -1.15. The summed E-state index contributed by atoms with van der Waals surface area (Å²) in [6.07, 6.45) is 0. The average Bonchev–Trinajstić information content (AvgIpc) is 2.38. The lowest BCUT2D eigenvalue weighted by molar-refractivity contribution is 0.0979. The molecule has 0 aliphatic carbocycles. The molecule has 0 fully saturated rings. The molecule has 20 heavy (non-hydrogen) atoms. The van der Waals surface area contributed by atoms with E-state index in [0.29, 0.717) is 16.1 Å². The smallest absolute Gasteiger partial charge is 0.184 e. The summed E-state index contributed by atoms with van der Waals surface area (Å²) in [6.45, 7) is 0. The quantitative estimate of drug-likeness (QED) is 0.636. The van der Waals surface area contributed by atoms with Crippen molar-refractivity contribution in [3.05, 3.63) is 67.6 Å². The number of nitriles is 1. The molecule has 0 aromatic heterocycles. The maximum Gasteiger partial charge on any atom is 0.184 e. The van der Waals surface area contributed by atoms with E-state index >= 15 is 0 Å². The highest BCUT2D eigenvalue weighted by Gasteiger charge is 2.22. The number of hydrogen-bond donors (Lipinski definition) is 0. The van der Waals surface area contributed by atoms with Crippen LogP contribution in [0.4, 0.5) is 0 Å². The molecule has 0 radical (unpaired) electrons. The van der Waals surface area contributed by atoms with E-state index < -0.39 is 5.92 Å². The molecule has 1 unspecified atom stereocenters. The molecular formula is C15H8Br2ClNO. The van der Waals surface area contributed by atoms with Crippen molar-refractivity contribution in [2.75, 3.05) is 0 Å². The first-order chi connectivity index (χ1) is 9.51. The number of hydrogen-bond acceptors (Lipinski definition) is 2. The summed E-state index contributed by atoms with van der Waals surface area (Å²) < 4.78 is 1.55. The molecule has 100 valence electrons. The summed E-state index contributed by atoms with van der Waals surface area (Å²) in [4.78, 5) is 12.5. The van der Waals surface area contributed by atoms with Crippen molar-refractivity contribution in [1.29, 1.82) is 5.26 Å². The number of ketones is 1. The van der Waals surface area contributed by atoms with Gasteiger partial charge in [0.05, 0.1) is 6.07 Å². The Morgan fingerprint density at radius 3 is 2.35 bits per heavy atom. The van der Waals surface area contributed by atoms with Gasteiger partial charge in [0.2, 0.25) is 0 Å². The number of carbonyl (C=O) groups excluding carboxylic acids is 1. The minimum atomic E-state index is -0.866. The van der Waals surface area contributed by atoms with Crippen LogP contribution in [0.3, 0.4) is 0 Å². The zero-order valence-electron chi connectivity index (χ0n) is 10.1. The lowest BCUT2D eigenvalue weighted by Crippen LogP contribution is -2.11. The number of rotatable bonds is 3. The van der Waals surface area contributed by atoms with Crippen LogP contribution in [0.1, 0.15) is 21.8 Å². The van der Waals surface area contributed by atoms with Crippen molar-refractivity contribution in [1.82, 2.24) is 0 Å². The normalized spacial score (nSPS) is 11.7. The molecule has 0 bridgehead atoms. The van der Waals surface area contributed by atoms with Crippen LogP contribution < -0.4 is 0 Å². The molecule has 2 aromatic carbocycles. The van der Waals surface area contributed by atoms with Crippen molar-refractivity contribution in [3.63, 3.8) is 0 Å². The van der Waals surface area contributed by atoms with E-state index in [1.54, 1.807) is 36.4 Å². The maximum absolute atomic E-state index is 12.5. The molecule has 0 saturated carbocycles. The van der Waals surface area contributed by atoms with Gasteiger partial charge in [-0.2, -0.15) is 5.26 Å². The number of benzene rings is 2. The number of halogens is 3. The fourth-order valence-corrected chi connectivity index (χ4v) is 3.33. The molecule has 0 aliphatic rings. The zero-order chi connectivity index (χ0) is 14.7. The van der Waals surface area contributed by atoms with Crippen LogP contribution in [-0.4, -0.2) is 5.78 Å². The van der Waals surface area contributed by atoms with Crippen molar-refractivity contribution < 1.29 is 4.79 Å². The number of carbonyl (C=O) groups is 1. The van der Waals surface area contributed by atoms with E-state index in [4.69, 9.17) is 11.6 Å². The Morgan fingerprint density at radius 2 is 1.80 bits per heavy atom. The predicted molar refractivity (Wildman–Crippen MR) is 86.0 cm³/mol. The minimum absolute atomic E-state index is 0.253. The van der Waals surface area contributed by atoms with Gasteiger partial charge in [-0.15, -0.1) is 0 Å². The average molecular weight is 413 g/mol. The van der Waals surface area contributed by atoms with Gasteiger partial charge in [-0.25, -0.2) is 0 Å². The molecule has 2 rings (SSSR count). The maximum atomic E-state index is 12.5.